The normalized spacial score (nSPS) is 19.7. The summed E-state index contributed by atoms with van der Waals surface area (Å²) >= 11 is 0. The lowest BCUT2D eigenvalue weighted by Gasteiger charge is -2.34. The van der Waals surface area contributed by atoms with Crippen LogP contribution in [0.1, 0.15) is 19.8 Å². The average Bonchev–Trinajstić information content (AvgIpc) is 2.25. The summed E-state index contributed by atoms with van der Waals surface area (Å²) in [6, 6.07) is 0. The van der Waals surface area contributed by atoms with Crippen molar-refractivity contribution in [1.29, 1.82) is 0 Å². The van der Waals surface area contributed by atoms with Crippen molar-refractivity contribution >= 4 is 32.3 Å². The third-order valence-corrected chi connectivity index (χ3v) is 5.78. The van der Waals surface area contributed by atoms with E-state index in [1.165, 1.54) is 0 Å². The van der Waals surface area contributed by atoms with Crippen molar-refractivity contribution in [3.63, 3.8) is 0 Å². The second-order valence-corrected chi connectivity index (χ2v) is 9.52. The summed E-state index contributed by atoms with van der Waals surface area (Å²) in [5.41, 5.74) is -0.0383. The zero-order chi connectivity index (χ0) is 13.9. The first-order valence-corrected chi connectivity index (χ1v) is 9.69. The van der Waals surface area contributed by atoms with Crippen LogP contribution in [0.5, 0.6) is 0 Å². The third kappa shape index (κ3) is 8.09. The molecule has 0 unspecified atom stereocenters. The van der Waals surface area contributed by atoms with Crippen LogP contribution in [0.15, 0.2) is 0 Å². The second-order valence-electron chi connectivity index (χ2n) is 5.33. The molecule has 0 saturated carbocycles. The average molecular weight is 335 g/mol. The largest absolute Gasteiger partial charge is 0.317 e. The van der Waals surface area contributed by atoms with Gasteiger partial charge >= 0.3 is 0 Å². The predicted molar refractivity (Wildman–Crippen MR) is 79.0 cm³/mol. The summed E-state index contributed by atoms with van der Waals surface area (Å²) in [6.45, 7) is 4.21. The predicted octanol–water partition coefficient (Wildman–Crippen LogP) is -0.238. The number of sulfonamides is 1. The Balaban J connectivity index is 0.00000324. The number of nitrogens with one attached hydrogen (secondary N) is 2. The second kappa shape index (κ2) is 7.21. The molecule has 2 N–H and O–H groups in total. The van der Waals surface area contributed by atoms with Crippen molar-refractivity contribution in [2.75, 3.05) is 37.4 Å². The summed E-state index contributed by atoms with van der Waals surface area (Å²) in [4.78, 5) is 0. The van der Waals surface area contributed by atoms with Crippen LogP contribution in [0.3, 0.4) is 0 Å². The van der Waals surface area contributed by atoms with Gasteiger partial charge in [-0.25, -0.2) is 21.6 Å². The van der Waals surface area contributed by atoms with Gasteiger partial charge in [-0.05, 0) is 31.3 Å². The Kier molecular flexibility index (Phi) is 7.26. The number of hydrogen-bond acceptors (Lipinski definition) is 5. The first-order valence-electron chi connectivity index (χ1n) is 5.98. The summed E-state index contributed by atoms with van der Waals surface area (Å²) in [6.07, 6.45) is 2.87. The lowest BCUT2D eigenvalue weighted by Crippen LogP contribution is -2.43. The van der Waals surface area contributed by atoms with Gasteiger partial charge in [0.1, 0.15) is 9.84 Å². The molecular formula is C10H23ClN2O4S2. The van der Waals surface area contributed by atoms with E-state index in [2.05, 4.69) is 10.0 Å². The van der Waals surface area contributed by atoms with Gasteiger partial charge in [-0.1, -0.05) is 6.92 Å². The van der Waals surface area contributed by atoms with Crippen molar-refractivity contribution in [2.45, 2.75) is 19.8 Å². The summed E-state index contributed by atoms with van der Waals surface area (Å²) in [5.74, 6) is -0.694. The Bertz CT molecular complexity index is 470. The first kappa shape index (κ1) is 19.1. The molecule has 0 amide bonds. The van der Waals surface area contributed by atoms with Gasteiger partial charge in [0, 0.05) is 12.8 Å². The minimum absolute atomic E-state index is 0. The zero-order valence-corrected chi connectivity index (χ0v) is 13.8. The number of hydrogen-bond donors (Lipinski definition) is 2. The van der Waals surface area contributed by atoms with Crippen LogP contribution in [0.2, 0.25) is 0 Å². The molecule has 1 heterocycles. The minimum atomic E-state index is -3.50. The van der Waals surface area contributed by atoms with Gasteiger partial charge in [0.2, 0.25) is 10.0 Å². The van der Waals surface area contributed by atoms with Crippen molar-refractivity contribution in [1.82, 2.24) is 10.0 Å². The highest BCUT2D eigenvalue weighted by atomic mass is 35.5. The molecule has 9 heteroatoms. The van der Waals surface area contributed by atoms with Crippen LogP contribution >= 0.6 is 12.4 Å². The van der Waals surface area contributed by atoms with E-state index in [4.69, 9.17) is 0 Å². The highest BCUT2D eigenvalue weighted by Crippen LogP contribution is 2.26. The Morgan fingerprint density at radius 1 is 1.11 bits per heavy atom. The highest BCUT2D eigenvalue weighted by Gasteiger charge is 2.28. The van der Waals surface area contributed by atoms with Gasteiger partial charge in [0.25, 0.3) is 0 Å². The van der Waals surface area contributed by atoms with E-state index >= 15 is 0 Å². The van der Waals surface area contributed by atoms with Crippen molar-refractivity contribution in [3.05, 3.63) is 0 Å². The Hall–Kier alpha value is 0.110. The number of piperidine rings is 1. The molecule has 0 radical (unpaired) electrons. The third-order valence-electron chi connectivity index (χ3n) is 3.25. The molecule has 0 atom stereocenters. The molecule has 1 fully saturated rings. The number of sulfone groups is 1. The van der Waals surface area contributed by atoms with Gasteiger partial charge in [-0.2, -0.15) is 0 Å². The maximum Gasteiger partial charge on any atom is 0.212 e. The molecule has 116 valence electrons. The number of halogens is 1. The molecule has 19 heavy (non-hydrogen) atoms. The van der Waals surface area contributed by atoms with Gasteiger partial charge in [-0.15, -0.1) is 12.4 Å². The summed E-state index contributed by atoms with van der Waals surface area (Å²) in [7, 11) is -6.75. The minimum Gasteiger partial charge on any atom is -0.317 e. The van der Waals surface area contributed by atoms with E-state index in [-0.39, 0.29) is 29.3 Å². The molecule has 0 aromatic carbocycles. The van der Waals surface area contributed by atoms with E-state index in [0.29, 0.717) is 6.54 Å². The van der Waals surface area contributed by atoms with E-state index in [0.717, 1.165) is 32.2 Å². The molecule has 1 aliphatic rings. The summed E-state index contributed by atoms with van der Waals surface area (Å²) in [5, 5.41) is 3.23. The fourth-order valence-electron chi connectivity index (χ4n) is 1.82. The zero-order valence-electron chi connectivity index (χ0n) is 11.3. The number of rotatable bonds is 6. The van der Waals surface area contributed by atoms with Gasteiger partial charge in [0.05, 0.1) is 11.5 Å². The van der Waals surface area contributed by atoms with Crippen LogP contribution in [-0.4, -0.2) is 54.2 Å². The lowest BCUT2D eigenvalue weighted by molar-refractivity contribution is 0.232. The maximum absolute atomic E-state index is 11.7. The molecule has 0 aromatic rings. The molecule has 1 rings (SSSR count). The molecule has 0 aliphatic carbocycles. The van der Waals surface area contributed by atoms with E-state index in [1.54, 1.807) is 0 Å². The highest BCUT2D eigenvalue weighted by molar-refractivity contribution is 7.93. The maximum atomic E-state index is 11.7. The van der Waals surface area contributed by atoms with Gasteiger partial charge in [-0.3, -0.25) is 0 Å². The van der Waals surface area contributed by atoms with Crippen molar-refractivity contribution in [3.8, 4) is 0 Å². The molecule has 1 aliphatic heterocycles. The molecular weight excluding hydrogens is 312 g/mol. The lowest BCUT2D eigenvalue weighted by atomic mass is 9.81. The van der Waals surface area contributed by atoms with Crippen LogP contribution in [-0.2, 0) is 19.9 Å². The van der Waals surface area contributed by atoms with Gasteiger partial charge in [0.15, 0.2) is 0 Å². The molecule has 0 aromatic heterocycles. The topological polar surface area (TPSA) is 92.3 Å². The fraction of sp³-hybridized carbons (Fsp3) is 1.00. The summed E-state index contributed by atoms with van der Waals surface area (Å²) < 4.78 is 47.8. The van der Waals surface area contributed by atoms with Crippen LogP contribution in [0, 0.1) is 5.41 Å². The SMILES string of the molecule is CC1(CNS(=O)(=O)CCS(C)(=O)=O)CCNCC1.Cl. The van der Waals surface area contributed by atoms with Crippen LogP contribution in [0.25, 0.3) is 0 Å². The quantitative estimate of drug-likeness (QED) is 0.699. The standard InChI is InChI=1S/C10H22N2O4S2.ClH/c1-10(3-5-11-6-4-10)9-12-18(15,16)8-7-17(2,13)14;/h11-12H,3-9H2,1-2H3;1H. The molecule has 0 bridgehead atoms. The fourth-order valence-corrected chi connectivity index (χ4v) is 4.63. The molecule has 6 nitrogen and oxygen atoms in total. The van der Waals surface area contributed by atoms with Crippen molar-refractivity contribution < 1.29 is 16.8 Å². The molecule has 1 saturated heterocycles. The Morgan fingerprint density at radius 3 is 2.11 bits per heavy atom. The van der Waals surface area contributed by atoms with E-state index in [1.807, 2.05) is 6.92 Å². The van der Waals surface area contributed by atoms with Crippen molar-refractivity contribution in [2.24, 2.45) is 5.41 Å². The first-order chi connectivity index (χ1) is 8.12. The van der Waals surface area contributed by atoms with Crippen LogP contribution in [0.4, 0.5) is 0 Å². The van der Waals surface area contributed by atoms with Gasteiger partial charge < -0.3 is 5.32 Å². The smallest absolute Gasteiger partial charge is 0.212 e. The van der Waals surface area contributed by atoms with Crippen LogP contribution < -0.4 is 10.0 Å². The molecule has 0 spiro atoms. The Morgan fingerprint density at radius 2 is 1.63 bits per heavy atom. The van der Waals surface area contributed by atoms with E-state index in [9.17, 15) is 16.8 Å². The van der Waals surface area contributed by atoms with E-state index < -0.39 is 19.9 Å². The Labute approximate surface area is 122 Å². The monoisotopic (exact) mass is 334 g/mol.